The van der Waals surface area contributed by atoms with Crippen LogP contribution >= 0.6 is 11.3 Å². The van der Waals surface area contributed by atoms with E-state index in [1.54, 1.807) is 34.1 Å². The third-order valence-corrected chi connectivity index (χ3v) is 4.50. The number of nitrogens with two attached hydrogens (primary N) is 1. The minimum atomic E-state index is -0.504. The van der Waals surface area contributed by atoms with Gasteiger partial charge in [-0.3, -0.25) is 9.59 Å². The Morgan fingerprint density at radius 1 is 1.30 bits per heavy atom. The molecule has 3 aromatic rings. The first-order valence-electron chi connectivity index (χ1n) is 7.41. The molecule has 0 fully saturated rings. The van der Waals surface area contributed by atoms with E-state index in [9.17, 15) is 9.59 Å². The molecule has 0 unspecified atom stereocenters. The Kier molecular flexibility index (Phi) is 4.05. The number of aromatic nitrogens is 1. The second kappa shape index (κ2) is 6.01. The molecule has 1 radical (unpaired) electrons. The number of fused-ring (bicyclic) bond motifs is 1. The maximum atomic E-state index is 12.7. The van der Waals surface area contributed by atoms with Gasteiger partial charge in [0.1, 0.15) is 0 Å². The number of amides is 1. The predicted molar refractivity (Wildman–Crippen MR) is 93.7 cm³/mol. The minimum absolute atomic E-state index is 0.0926. The van der Waals surface area contributed by atoms with Crippen LogP contribution in [-0.2, 0) is 6.54 Å². The molecule has 0 atom stereocenters. The van der Waals surface area contributed by atoms with Crippen LogP contribution in [0.15, 0.2) is 40.5 Å². The van der Waals surface area contributed by atoms with Crippen molar-refractivity contribution < 1.29 is 4.79 Å². The number of carbonyl (C=O) groups is 1. The van der Waals surface area contributed by atoms with Crippen LogP contribution in [-0.4, -0.2) is 10.5 Å². The summed E-state index contributed by atoms with van der Waals surface area (Å²) in [4.78, 5) is 25.2. The maximum Gasteiger partial charge on any atom is 0.258 e. The van der Waals surface area contributed by atoms with Gasteiger partial charge in [-0.2, -0.15) is 0 Å². The Morgan fingerprint density at radius 2 is 2.09 bits per heavy atom. The summed E-state index contributed by atoms with van der Waals surface area (Å²) in [5.41, 5.74) is 6.51. The Balaban J connectivity index is 2.36. The van der Waals surface area contributed by atoms with Gasteiger partial charge in [0, 0.05) is 27.9 Å². The van der Waals surface area contributed by atoms with Crippen molar-refractivity contribution in [2.24, 2.45) is 11.7 Å². The van der Waals surface area contributed by atoms with Gasteiger partial charge in [-0.15, -0.1) is 11.3 Å². The maximum absolute atomic E-state index is 12.7. The molecule has 2 aromatic heterocycles. The van der Waals surface area contributed by atoms with Crippen LogP contribution in [0.25, 0.3) is 21.2 Å². The van der Waals surface area contributed by atoms with Gasteiger partial charge in [0.25, 0.3) is 5.56 Å². The summed E-state index contributed by atoms with van der Waals surface area (Å²) in [5.74, 6) is -0.169. The fraction of sp³-hybridized carbons (Fsp3) is 0.222. The van der Waals surface area contributed by atoms with Crippen molar-refractivity contribution >= 4 is 28.0 Å². The normalized spacial score (nSPS) is 11.3. The van der Waals surface area contributed by atoms with Gasteiger partial charge in [-0.25, -0.2) is 0 Å². The fourth-order valence-corrected chi connectivity index (χ4v) is 3.32. The standard InChI is InChI=1S/C18H17N2O2S/c1-11(2)9-20-10-15(16-4-3-7-23-16)14-8-12(17(19)21)5-6-13(14)18(20)22/h3-8,11H,9H2,1-2H3,(H2,19,21). The van der Waals surface area contributed by atoms with Gasteiger partial charge < -0.3 is 10.3 Å². The molecule has 5 heteroatoms. The van der Waals surface area contributed by atoms with E-state index in [-0.39, 0.29) is 5.56 Å². The molecule has 0 bridgehead atoms. The van der Waals surface area contributed by atoms with Crippen molar-refractivity contribution in [1.29, 1.82) is 0 Å². The highest BCUT2D eigenvalue weighted by Gasteiger charge is 2.14. The van der Waals surface area contributed by atoms with E-state index >= 15 is 0 Å². The Morgan fingerprint density at radius 3 is 2.70 bits per heavy atom. The van der Waals surface area contributed by atoms with Crippen LogP contribution in [0.5, 0.6) is 0 Å². The highest BCUT2D eigenvalue weighted by molar-refractivity contribution is 7.13. The molecule has 1 amide bonds. The minimum Gasteiger partial charge on any atom is -0.366 e. The number of hydrogen-bond acceptors (Lipinski definition) is 3. The number of rotatable bonds is 4. The lowest BCUT2D eigenvalue weighted by Crippen LogP contribution is -2.23. The molecule has 3 rings (SSSR count). The fourth-order valence-electron chi connectivity index (χ4n) is 2.58. The SMILES string of the molecule is CC(C)Cn1[c]c(-c2cccs2)c2cc(C(N)=O)ccc2c1=O. The van der Waals surface area contributed by atoms with Crippen LogP contribution in [0.1, 0.15) is 24.2 Å². The number of primary amides is 1. The number of benzene rings is 1. The van der Waals surface area contributed by atoms with E-state index in [1.807, 2.05) is 17.5 Å². The molecule has 0 spiro atoms. The summed E-state index contributed by atoms with van der Waals surface area (Å²) in [6.45, 7) is 4.72. The number of carbonyl (C=O) groups excluding carboxylic acids is 1. The zero-order valence-electron chi connectivity index (χ0n) is 13.0. The molecule has 4 nitrogen and oxygen atoms in total. The summed E-state index contributed by atoms with van der Waals surface area (Å²) in [5, 5.41) is 3.27. The van der Waals surface area contributed by atoms with Crippen molar-refractivity contribution in [2.45, 2.75) is 20.4 Å². The van der Waals surface area contributed by atoms with Gasteiger partial charge in [-0.1, -0.05) is 19.9 Å². The predicted octanol–water partition coefficient (Wildman–Crippen LogP) is 3.29. The van der Waals surface area contributed by atoms with Gasteiger partial charge in [0.15, 0.2) is 0 Å². The number of pyridine rings is 1. The Bertz CT molecular complexity index is 924. The van der Waals surface area contributed by atoms with Crippen LogP contribution in [0.4, 0.5) is 0 Å². The lowest BCUT2D eigenvalue weighted by molar-refractivity contribution is 0.100. The highest BCUT2D eigenvalue weighted by Crippen LogP contribution is 2.30. The zero-order chi connectivity index (χ0) is 16.6. The Labute approximate surface area is 138 Å². The molecule has 0 saturated carbocycles. The largest absolute Gasteiger partial charge is 0.366 e. The first kappa shape index (κ1) is 15.5. The van der Waals surface area contributed by atoms with Gasteiger partial charge >= 0.3 is 0 Å². The van der Waals surface area contributed by atoms with Crippen LogP contribution < -0.4 is 11.3 Å². The summed E-state index contributed by atoms with van der Waals surface area (Å²) < 4.78 is 1.63. The average molecular weight is 325 g/mol. The average Bonchev–Trinajstić information content (AvgIpc) is 3.03. The van der Waals surface area contributed by atoms with Crippen LogP contribution in [0, 0.1) is 12.1 Å². The second-order valence-corrected chi connectivity index (χ2v) is 6.85. The lowest BCUT2D eigenvalue weighted by atomic mass is 10.0. The first-order chi connectivity index (χ1) is 11.0. The topological polar surface area (TPSA) is 65.1 Å². The molecule has 2 heterocycles. The molecule has 117 valence electrons. The molecule has 23 heavy (non-hydrogen) atoms. The molecule has 2 N–H and O–H groups in total. The smallest absolute Gasteiger partial charge is 0.258 e. The molecule has 0 aliphatic carbocycles. The van der Waals surface area contributed by atoms with Crippen molar-refractivity contribution in [1.82, 2.24) is 4.57 Å². The van der Waals surface area contributed by atoms with Crippen LogP contribution in [0.2, 0.25) is 0 Å². The Hall–Kier alpha value is -2.40. The van der Waals surface area contributed by atoms with Crippen molar-refractivity contribution in [2.75, 3.05) is 0 Å². The van der Waals surface area contributed by atoms with Gasteiger partial charge in [0.2, 0.25) is 5.91 Å². The third-order valence-electron chi connectivity index (χ3n) is 3.61. The summed E-state index contributed by atoms with van der Waals surface area (Å²) in [6, 6.07) is 8.90. The molecule has 1 aromatic carbocycles. The van der Waals surface area contributed by atoms with E-state index < -0.39 is 5.91 Å². The van der Waals surface area contributed by atoms with Crippen molar-refractivity contribution in [3.63, 3.8) is 0 Å². The van der Waals surface area contributed by atoms with E-state index in [0.29, 0.717) is 28.8 Å². The van der Waals surface area contributed by atoms with Crippen molar-refractivity contribution in [3.8, 4) is 10.4 Å². The third kappa shape index (κ3) is 2.92. The van der Waals surface area contributed by atoms with E-state index in [0.717, 1.165) is 10.4 Å². The quantitative estimate of drug-likeness (QED) is 0.800. The number of hydrogen-bond donors (Lipinski definition) is 1. The van der Waals surface area contributed by atoms with Crippen LogP contribution in [0.3, 0.4) is 0 Å². The molecule has 0 aliphatic heterocycles. The first-order valence-corrected chi connectivity index (χ1v) is 8.29. The summed E-state index contributed by atoms with van der Waals surface area (Å²) >= 11 is 1.58. The molecular weight excluding hydrogens is 308 g/mol. The van der Waals surface area contributed by atoms with Gasteiger partial charge in [-0.05, 0) is 40.9 Å². The molecular formula is C18H17N2O2S. The van der Waals surface area contributed by atoms with E-state index in [1.165, 1.54) is 0 Å². The van der Waals surface area contributed by atoms with Crippen molar-refractivity contribution in [3.05, 3.63) is 57.8 Å². The summed E-state index contributed by atoms with van der Waals surface area (Å²) in [6.07, 6.45) is 3.22. The van der Waals surface area contributed by atoms with E-state index in [2.05, 4.69) is 20.0 Å². The molecule has 0 aliphatic rings. The second-order valence-electron chi connectivity index (χ2n) is 5.90. The number of thiophene rings is 1. The van der Waals surface area contributed by atoms with Gasteiger partial charge in [0.05, 0.1) is 6.20 Å². The monoisotopic (exact) mass is 325 g/mol. The summed E-state index contributed by atoms with van der Waals surface area (Å²) in [7, 11) is 0. The number of nitrogens with zero attached hydrogens (tertiary/aromatic N) is 1. The lowest BCUT2D eigenvalue weighted by Gasteiger charge is -2.13. The molecule has 0 saturated heterocycles. The highest BCUT2D eigenvalue weighted by atomic mass is 32.1. The van der Waals surface area contributed by atoms with E-state index in [4.69, 9.17) is 5.73 Å². The zero-order valence-corrected chi connectivity index (χ0v) is 13.8.